The van der Waals surface area contributed by atoms with Gasteiger partial charge in [-0.3, -0.25) is 0 Å². The third-order valence-electron chi connectivity index (χ3n) is 4.43. The summed E-state index contributed by atoms with van der Waals surface area (Å²) in [6, 6.07) is 3.46. The molecule has 1 N–H and O–H groups in total. The maximum absolute atomic E-state index is 12.9. The molecule has 1 aromatic carbocycles. The minimum absolute atomic E-state index is 0.137. The number of benzene rings is 1. The third kappa shape index (κ3) is 3.30. The number of sulfonamides is 1. The Morgan fingerprint density at radius 2 is 2.05 bits per heavy atom. The highest BCUT2D eigenvalue weighted by atomic mass is 32.2. The van der Waals surface area contributed by atoms with E-state index in [2.05, 4.69) is 6.92 Å². The van der Waals surface area contributed by atoms with E-state index in [4.69, 9.17) is 0 Å². The SMILES string of the molecule is CCCC1CCN(S(=O)(=O)c2cc(CO)cc(C)c2C)C1. The van der Waals surface area contributed by atoms with E-state index in [1.54, 1.807) is 10.4 Å². The van der Waals surface area contributed by atoms with Gasteiger partial charge in [0.2, 0.25) is 10.0 Å². The molecule has 4 nitrogen and oxygen atoms in total. The fraction of sp³-hybridized carbons (Fsp3) is 0.625. The molecule has 1 saturated heterocycles. The average Bonchev–Trinajstić information content (AvgIpc) is 2.91. The van der Waals surface area contributed by atoms with Crippen LogP contribution >= 0.6 is 0 Å². The van der Waals surface area contributed by atoms with Crippen molar-refractivity contribution in [1.29, 1.82) is 0 Å². The van der Waals surface area contributed by atoms with Crippen LogP contribution in [0.1, 0.15) is 42.9 Å². The van der Waals surface area contributed by atoms with E-state index in [9.17, 15) is 13.5 Å². The molecule has 0 radical (unpaired) electrons. The molecule has 1 aromatic rings. The van der Waals surface area contributed by atoms with Crippen LogP contribution in [0.3, 0.4) is 0 Å². The summed E-state index contributed by atoms with van der Waals surface area (Å²) in [7, 11) is -3.45. The predicted molar refractivity (Wildman–Crippen MR) is 83.6 cm³/mol. The minimum atomic E-state index is -3.45. The lowest BCUT2D eigenvalue weighted by atomic mass is 10.0. The second kappa shape index (κ2) is 6.46. The monoisotopic (exact) mass is 311 g/mol. The molecule has 1 fully saturated rings. The molecule has 1 aliphatic heterocycles. The van der Waals surface area contributed by atoms with Gasteiger partial charge in [0.15, 0.2) is 0 Å². The van der Waals surface area contributed by atoms with Gasteiger partial charge in [0, 0.05) is 13.1 Å². The Balaban J connectivity index is 2.34. The molecule has 118 valence electrons. The summed E-state index contributed by atoms with van der Waals surface area (Å²) in [6.45, 7) is 6.95. The van der Waals surface area contributed by atoms with Crippen LogP contribution in [0.25, 0.3) is 0 Å². The van der Waals surface area contributed by atoms with E-state index >= 15 is 0 Å². The summed E-state index contributed by atoms with van der Waals surface area (Å²) >= 11 is 0. The lowest BCUT2D eigenvalue weighted by Crippen LogP contribution is -2.29. The summed E-state index contributed by atoms with van der Waals surface area (Å²) in [5.74, 6) is 0.479. The van der Waals surface area contributed by atoms with Gasteiger partial charge in [-0.05, 0) is 55.4 Å². The van der Waals surface area contributed by atoms with Crippen molar-refractivity contribution in [3.05, 3.63) is 28.8 Å². The van der Waals surface area contributed by atoms with Crippen LogP contribution in [0.15, 0.2) is 17.0 Å². The van der Waals surface area contributed by atoms with E-state index in [0.29, 0.717) is 29.5 Å². The molecular weight excluding hydrogens is 286 g/mol. The highest BCUT2D eigenvalue weighted by Crippen LogP contribution is 2.30. The minimum Gasteiger partial charge on any atom is -0.392 e. The Bertz CT molecular complexity index is 610. The number of aliphatic hydroxyl groups is 1. The Morgan fingerprint density at radius 1 is 1.33 bits per heavy atom. The Morgan fingerprint density at radius 3 is 2.67 bits per heavy atom. The fourth-order valence-electron chi connectivity index (χ4n) is 3.06. The Kier molecular flexibility index (Phi) is 5.07. The summed E-state index contributed by atoms with van der Waals surface area (Å²) in [5.41, 5.74) is 2.34. The van der Waals surface area contributed by atoms with E-state index in [1.807, 2.05) is 19.9 Å². The normalized spacial score (nSPS) is 20.1. The number of rotatable bonds is 5. The predicted octanol–water partition coefficient (Wildman–Crippen LogP) is 2.61. The number of aliphatic hydroxyl groups excluding tert-OH is 1. The fourth-order valence-corrected chi connectivity index (χ4v) is 4.94. The molecule has 5 heteroatoms. The van der Waals surface area contributed by atoms with Crippen molar-refractivity contribution in [3.8, 4) is 0 Å². The van der Waals surface area contributed by atoms with Crippen LogP contribution in [0.2, 0.25) is 0 Å². The molecule has 1 aliphatic rings. The van der Waals surface area contributed by atoms with Crippen molar-refractivity contribution >= 4 is 10.0 Å². The quantitative estimate of drug-likeness (QED) is 0.909. The molecule has 1 heterocycles. The lowest BCUT2D eigenvalue weighted by Gasteiger charge is -2.19. The van der Waals surface area contributed by atoms with E-state index in [1.165, 1.54) is 0 Å². The van der Waals surface area contributed by atoms with E-state index in [-0.39, 0.29) is 6.61 Å². The van der Waals surface area contributed by atoms with Gasteiger partial charge in [0.1, 0.15) is 0 Å². The van der Waals surface area contributed by atoms with Crippen LogP contribution in [-0.2, 0) is 16.6 Å². The van der Waals surface area contributed by atoms with Crippen LogP contribution in [0, 0.1) is 19.8 Å². The van der Waals surface area contributed by atoms with Crippen molar-refractivity contribution in [2.24, 2.45) is 5.92 Å². The van der Waals surface area contributed by atoms with Gasteiger partial charge >= 0.3 is 0 Å². The molecular formula is C16H25NO3S. The molecule has 0 amide bonds. The largest absolute Gasteiger partial charge is 0.392 e. The van der Waals surface area contributed by atoms with Gasteiger partial charge in [0.05, 0.1) is 11.5 Å². The van der Waals surface area contributed by atoms with Crippen molar-refractivity contribution < 1.29 is 13.5 Å². The zero-order chi connectivity index (χ0) is 15.6. The number of hydrogen-bond donors (Lipinski definition) is 1. The molecule has 2 rings (SSSR count). The highest BCUT2D eigenvalue weighted by molar-refractivity contribution is 7.89. The van der Waals surface area contributed by atoms with Crippen LogP contribution in [0.4, 0.5) is 0 Å². The van der Waals surface area contributed by atoms with Gasteiger partial charge in [-0.2, -0.15) is 4.31 Å². The standard InChI is InChI=1S/C16H25NO3S/c1-4-5-14-6-7-17(10-14)21(19,20)16-9-15(11-18)8-12(2)13(16)3/h8-9,14,18H,4-7,10-11H2,1-3H3. The average molecular weight is 311 g/mol. The summed E-state index contributed by atoms with van der Waals surface area (Å²) in [6.07, 6.45) is 3.13. The highest BCUT2D eigenvalue weighted by Gasteiger charge is 2.33. The zero-order valence-corrected chi connectivity index (χ0v) is 13.9. The van der Waals surface area contributed by atoms with Crippen LogP contribution in [-0.4, -0.2) is 30.9 Å². The van der Waals surface area contributed by atoms with Crippen molar-refractivity contribution in [2.75, 3.05) is 13.1 Å². The molecule has 1 unspecified atom stereocenters. The van der Waals surface area contributed by atoms with Gasteiger partial charge < -0.3 is 5.11 Å². The van der Waals surface area contributed by atoms with Gasteiger partial charge in [0.25, 0.3) is 0 Å². The second-order valence-corrected chi connectivity index (χ2v) is 7.91. The zero-order valence-electron chi connectivity index (χ0n) is 13.1. The lowest BCUT2D eigenvalue weighted by molar-refractivity contribution is 0.281. The first-order valence-electron chi connectivity index (χ1n) is 7.61. The molecule has 0 saturated carbocycles. The maximum Gasteiger partial charge on any atom is 0.243 e. The van der Waals surface area contributed by atoms with Crippen molar-refractivity contribution in [3.63, 3.8) is 0 Å². The topological polar surface area (TPSA) is 57.6 Å². The molecule has 0 bridgehead atoms. The van der Waals surface area contributed by atoms with Crippen LogP contribution in [0.5, 0.6) is 0 Å². The second-order valence-electron chi connectivity index (χ2n) is 6.00. The van der Waals surface area contributed by atoms with E-state index < -0.39 is 10.0 Å². The maximum atomic E-state index is 12.9. The molecule has 0 aromatic heterocycles. The Labute approximate surface area is 127 Å². The number of aryl methyl sites for hydroxylation is 1. The first-order chi connectivity index (χ1) is 9.90. The van der Waals surface area contributed by atoms with Crippen molar-refractivity contribution in [1.82, 2.24) is 4.31 Å². The Hall–Kier alpha value is -0.910. The van der Waals surface area contributed by atoms with E-state index in [0.717, 1.165) is 30.4 Å². The molecule has 0 aliphatic carbocycles. The summed E-state index contributed by atoms with van der Waals surface area (Å²) in [5, 5.41) is 9.31. The number of nitrogens with zero attached hydrogens (tertiary/aromatic N) is 1. The van der Waals surface area contributed by atoms with Crippen LogP contribution < -0.4 is 0 Å². The molecule has 1 atom stereocenters. The molecule has 21 heavy (non-hydrogen) atoms. The summed E-state index contributed by atoms with van der Waals surface area (Å²) < 4.78 is 27.3. The smallest absolute Gasteiger partial charge is 0.243 e. The summed E-state index contributed by atoms with van der Waals surface area (Å²) in [4.78, 5) is 0.351. The van der Waals surface area contributed by atoms with Gasteiger partial charge in [-0.25, -0.2) is 8.42 Å². The first-order valence-corrected chi connectivity index (χ1v) is 9.05. The van der Waals surface area contributed by atoms with Gasteiger partial charge in [-0.1, -0.05) is 19.4 Å². The molecule has 0 spiro atoms. The van der Waals surface area contributed by atoms with Crippen molar-refractivity contribution in [2.45, 2.75) is 51.5 Å². The number of hydrogen-bond acceptors (Lipinski definition) is 3. The van der Waals surface area contributed by atoms with Gasteiger partial charge in [-0.15, -0.1) is 0 Å². The first kappa shape index (κ1) is 16.5. The third-order valence-corrected chi connectivity index (χ3v) is 6.42.